The number of carbonyl (C=O) groups excluding carboxylic acids is 2. The van der Waals surface area contributed by atoms with Crippen LogP contribution in [0, 0.1) is 19.8 Å². The molecule has 26 heavy (non-hydrogen) atoms. The average molecular weight is 352 g/mol. The lowest BCUT2D eigenvalue weighted by Gasteiger charge is -2.34. The number of para-hydroxylation sites is 1. The molecule has 0 saturated carbocycles. The molecule has 3 heterocycles. The Morgan fingerprint density at radius 2 is 1.96 bits per heavy atom. The number of benzene rings is 1. The zero-order chi connectivity index (χ0) is 18.3. The summed E-state index contributed by atoms with van der Waals surface area (Å²) >= 11 is 0. The molecule has 1 unspecified atom stereocenters. The average Bonchev–Trinajstić information content (AvgIpc) is 3.14. The molecule has 1 aromatic carbocycles. The van der Waals surface area contributed by atoms with E-state index in [1.807, 2.05) is 43.0 Å². The second-order valence-electron chi connectivity index (χ2n) is 7.36. The molecular formula is C20H24N4O2. The van der Waals surface area contributed by atoms with Crippen LogP contribution < -0.4 is 5.32 Å². The van der Waals surface area contributed by atoms with E-state index in [0.29, 0.717) is 25.4 Å². The number of nitrogens with one attached hydrogen (secondary N) is 2. The maximum atomic E-state index is 12.7. The molecule has 0 spiro atoms. The predicted octanol–water partition coefficient (Wildman–Crippen LogP) is 2.54. The van der Waals surface area contributed by atoms with Crippen LogP contribution in [0.3, 0.4) is 0 Å². The number of aryl methyl sites for hydroxylation is 2. The maximum Gasteiger partial charge on any atom is 0.232 e. The second kappa shape index (κ2) is 6.59. The van der Waals surface area contributed by atoms with E-state index in [2.05, 4.69) is 15.5 Å². The first-order valence-corrected chi connectivity index (χ1v) is 9.22. The largest absolute Gasteiger partial charge is 0.342 e. The number of aromatic amines is 1. The molecule has 1 saturated heterocycles. The molecule has 0 radical (unpaired) electrons. The molecule has 6 nitrogen and oxygen atoms in total. The standard InChI is InChI=1S/C20H24N4O2/c1-12-16(13(2)23-22-12)11-18(25)24-9-7-14(8-10-24)19-15-5-3-4-6-17(15)21-20(19)26/h3-6,14,19H,7-11H2,1-2H3,(H,21,26)(H,22,23). The number of hydrogen-bond acceptors (Lipinski definition) is 3. The third-order valence-corrected chi connectivity index (χ3v) is 5.81. The highest BCUT2D eigenvalue weighted by atomic mass is 16.2. The van der Waals surface area contributed by atoms with Crippen LogP contribution in [0.1, 0.15) is 41.3 Å². The van der Waals surface area contributed by atoms with Crippen molar-refractivity contribution in [1.82, 2.24) is 15.1 Å². The SMILES string of the molecule is Cc1n[nH]c(C)c1CC(=O)N1CCC(C2C(=O)Nc3ccccc32)CC1. The molecule has 0 aliphatic carbocycles. The van der Waals surface area contributed by atoms with Crippen LogP contribution in [-0.2, 0) is 16.0 Å². The highest BCUT2D eigenvalue weighted by Gasteiger charge is 2.38. The Hall–Kier alpha value is -2.63. The number of rotatable bonds is 3. The number of H-pyrrole nitrogens is 1. The van der Waals surface area contributed by atoms with Gasteiger partial charge in [0.1, 0.15) is 0 Å². The summed E-state index contributed by atoms with van der Waals surface area (Å²) in [6.07, 6.45) is 2.12. The summed E-state index contributed by atoms with van der Waals surface area (Å²) in [6, 6.07) is 7.93. The first kappa shape index (κ1) is 16.8. The molecule has 136 valence electrons. The highest BCUT2D eigenvalue weighted by molar-refractivity contribution is 6.03. The molecule has 1 atom stereocenters. The zero-order valence-electron chi connectivity index (χ0n) is 15.2. The van der Waals surface area contributed by atoms with Crippen molar-refractivity contribution in [3.8, 4) is 0 Å². The minimum absolute atomic E-state index is 0.0817. The molecule has 2 aliphatic heterocycles. The Labute approximate surface area is 153 Å². The van der Waals surface area contributed by atoms with E-state index < -0.39 is 0 Å². The Balaban J connectivity index is 1.40. The van der Waals surface area contributed by atoms with E-state index in [9.17, 15) is 9.59 Å². The minimum Gasteiger partial charge on any atom is -0.342 e. The molecule has 6 heteroatoms. The smallest absolute Gasteiger partial charge is 0.232 e. The summed E-state index contributed by atoms with van der Waals surface area (Å²) in [6.45, 7) is 5.30. The topological polar surface area (TPSA) is 78.1 Å². The number of amides is 2. The first-order chi connectivity index (χ1) is 12.5. The molecule has 0 bridgehead atoms. The first-order valence-electron chi connectivity index (χ1n) is 9.22. The summed E-state index contributed by atoms with van der Waals surface area (Å²) in [5.74, 6) is 0.454. The van der Waals surface area contributed by atoms with Gasteiger partial charge in [-0.2, -0.15) is 5.10 Å². The van der Waals surface area contributed by atoms with Crippen molar-refractivity contribution in [2.45, 2.75) is 39.0 Å². The van der Waals surface area contributed by atoms with E-state index in [4.69, 9.17) is 0 Å². The van der Waals surface area contributed by atoms with Gasteiger partial charge in [-0.25, -0.2) is 0 Å². The third kappa shape index (κ3) is 2.89. The van der Waals surface area contributed by atoms with E-state index in [-0.39, 0.29) is 17.7 Å². The van der Waals surface area contributed by atoms with Crippen LogP contribution in [0.15, 0.2) is 24.3 Å². The van der Waals surface area contributed by atoms with Gasteiger partial charge in [0.15, 0.2) is 0 Å². The number of aromatic nitrogens is 2. The van der Waals surface area contributed by atoms with Gasteiger partial charge >= 0.3 is 0 Å². The normalized spacial score (nSPS) is 20.2. The van der Waals surface area contributed by atoms with Crippen LogP contribution in [-0.4, -0.2) is 40.0 Å². The quantitative estimate of drug-likeness (QED) is 0.891. The van der Waals surface area contributed by atoms with E-state index in [1.165, 1.54) is 0 Å². The van der Waals surface area contributed by atoms with Crippen molar-refractivity contribution < 1.29 is 9.59 Å². The number of likely N-dealkylation sites (tertiary alicyclic amines) is 1. The zero-order valence-corrected chi connectivity index (χ0v) is 15.2. The second-order valence-corrected chi connectivity index (χ2v) is 7.36. The molecular weight excluding hydrogens is 328 g/mol. The van der Waals surface area contributed by atoms with Crippen LogP contribution in [0.2, 0.25) is 0 Å². The van der Waals surface area contributed by atoms with Crippen molar-refractivity contribution in [3.05, 3.63) is 46.8 Å². The number of fused-ring (bicyclic) bond motifs is 1. The molecule has 1 fully saturated rings. The minimum atomic E-state index is -0.0817. The van der Waals surface area contributed by atoms with Gasteiger partial charge in [0.25, 0.3) is 0 Å². The van der Waals surface area contributed by atoms with Gasteiger partial charge in [-0.05, 0) is 44.2 Å². The van der Waals surface area contributed by atoms with Gasteiger partial charge in [0.05, 0.1) is 18.0 Å². The van der Waals surface area contributed by atoms with Crippen molar-refractivity contribution in [3.63, 3.8) is 0 Å². The number of anilines is 1. The van der Waals surface area contributed by atoms with Crippen molar-refractivity contribution in [2.24, 2.45) is 5.92 Å². The Bertz CT molecular complexity index is 830. The summed E-state index contributed by atoms with van der Waals surface area (Å²) in [5, 5.41) is 10.1. The van der Waals surface area contributed by atoms with E-state index in [0.717, 1.165) is 41.0 Å². The van der Waals surface area contributed by atoms with Crippen LogP contribution in [0.5, 0.6) is 0 Å². The fourth-order valence-electron chi connectivity index (χ4n) is 4.28. The van der Waals surface area contributed by atoms with Gasteiger partial charge in [-0.3, -0.25) is 14.7 Å². The number of carbonyl (C=O) groups is 2. The van der Waals surface area contributed by atoms with Crippen LogP contribution in [0.25, 0.3) is 0 Å². The van der Waals surface area contributed by atoms with E-state index in [1.54, 1.807) is 0 Å². The predicted molar refractivity (Wildman–Crippen MR) is 98.9 cm³/mol. The lowest BCUT2D eigenvalue weighted by atomic mass is 9.80. The van der Waals surface area contributed by atoms with Crippen molar-refractivity contribution in [2.75, 3.05) is 18.4 Å². The Kier molecular flexibility index (Phi) is 4.26. The van der Waals surface area contributed by atoms with Crippen LogP contribution >= 0.6 is 0 Å². The summed E-state index contributed by atoms with van der Waals surface area (Å²) in [5.41, 5.74) is 4.90. The molecule has 2 amide bonds. The fraction of sp³-hybridized carbons (Fsp3) is 0.450. The summed E-state index contributed by atoms with van der Waals surface area (Å²) in [7, 11) is 0. The molecule has 4 rings (SSSR count). The third-order valence-electron chi connectivity index (χ3n) is 5.81. The van der Waals surface area contributed by atoms with Gasteiger partial charge in [-0.1, -0.05) is 18.2 Å². The number of nitrogens with zero attached hydrogens (tertiary/aromatic N) is 2. The van der Waals surface area contributed by atoms with Gasteiger partial charge in [0.2, 0.25) is 11.8 Å². The Morgan fingerprint density at radius 3 is 2.65 bits per heavy atom. The van der Waals surface area contributed by atoms with Crippen molar-refractivity contribution >= 4 is 17.5 Å². The van der Waals surface area contributed by atoms with Gasteiger partial charge in [0, 0.05) is 30.0 Å². The number of hydrogen-bond donors (Lipinski definition) is 2. The lowest BCUT2D eigenvalue weighted by molar-refractivity contribution is -0.132. The van der Waals surface area contributed by atoms with E-state index >= 15 is 0 Å². The summed E-state index contributed by atoms with van der Waals surface area (Å²) in [4.78, 5) is 27.0. The monoisotopic (exact) mass is 352 g/mol. The Morgan fingerprint density at radius 1 is 1.23 bits per heavy atom. The maximum absolute atomic E-state index is 12.7. The number of piperidine rings is 1. The van der Waals surface area contributed by atoms with Gasteiger partial charge < -0.3 is 10.2 Å². The lowest BCUT2D eigenvalue weighted by Crippen LogP contribution is -2.41. The highest BCUT2D eigenvalue weighted by Crippen LogP contribution is 2.41. The molecule has 2 N–H and O–H groups in total. The van der Waals surface area contributed by atoms with Gasteiger partial charge in [-0.15, -0.1) is 0 Å². The fourth-order valence-corrected chi connectivity index (χ4v) is 4.28. The molecule has 2 aromatic rings. The van der Waals surface area contributed by atoms with Crippen molar-refractivity contribution in [1.29, 1.82) is 0 Å². The molecule has 1 aromatic heterocycles. The summed E-state index contributed by atoms with van der Waals surface area (Å²) < 4.78 is 0. The van der Waals surface area contributed by atoms with Crippen LogP contribution in [0.4, 0.5) is 5.69 Å². The molecule has 2 aliphatic rings.